The zero-order valence-corrected chi connectivity index (χ0v) is 9.13. The minimum atomic E-state index is -1.05. The first kappa shape index (κ1) is 13.8. The highest BCUT2D eigenvalue weighted by Gasteiger charge is 2.37. The number of hydrogen-bond acceptors (Lipinski definition) is 6. The van der Waals surface area contributed by atoms with Crippen molar-refractivity contribution >= 4 is 11.8 Å². The Morgan fingerprint density at radius 2 is 2.00 bits per heavy atom. The molecule has 0 spiro atoms. The molecule has 5 N–H and O–H groups in total. The average molecular weight is 248 g/mol. The number of carbonyl (C=O) groups excluding carboxylic acids is 2. The van der Waals surface area contributed by atoms with Crippen LogP contribution in [0.25, 0.3) is 0 Å². The molecule has 1 rings (SSSR count). The Balaban J connectivity index is 2.39. The van der Waals surface area contributed by atoms with E-state index in [9.17, 15) is 14.7 Å². The van der Waals surface area contributed by atoms with Crippen LogP contribution >= 0.6 is 0 Å². The third kappa shape index (κ3) is 3.63. The van der Waals surface area contributed by atoms with E-state index in [0.717, 1.165) is 0 Å². The Labute approximate surface area is 97.6 Å². The van der Waals surface area contributed by atoms with Crippen LogP contribution in [0.15, 0.2) is 0 Å². The zero-order chi connectivity index (χ0) is 12.8. The largest absolute Gasteiger partial charge is 0.395 e. The summed E-state index contributed by atoms with van der Waals surface area (Å²) in [6, 6.07) is -0.723. The van der Waals surface area contributed by atoms with Gasteiger partial charge in [-0.15, -0.1) is 0 Å². The fraction of sp³-hybridized carbons (Fsp3) is 0.778. The maximum absolute atomic E-state index is 11.3. The van der Waals surface area contributed by atoms with Crippen molar-refractivity contribution < 1.29 is 29.6 Å². The lowest BCUT2D eigenvalue weighted by atomic mass is 10.1. The van der Waals surface area contributed by atoms with Gasteiger partial charge in [0.25, 0.3) is 0 Å². The van der Waals surface area contributed by atoms with E-state index in [-0.39, 0.29) is 26.4 Å². The molecule has 17 heavy (non-hydrogen) atoms. The Kier molecular flexibility index (Phi) is 5.29. The summed E-state index contributed by atoms with van der Waals surface area (Å²) in [5.41, 5.74) is 0. The molecule has 1 saturated heterocycles. The van der Waals surface area contributed by atoms with Crippen LogP contribution in [-0.4, -0.2) is 71.7 Å². The fourth-order valence-corrected chi connectivity index (χ4v) is 1.45. The van der Waals surface area contributed by atoms with E-state index in [1.165, 1.54) is 0 Å². The van der Waals surface area contributed by atoms with Crippen LogP contribution in [0.2, 0.25) is 0 Å². The lowest BCUT2D eigenvalue weighted by Gasteiger charge is -2.16. The van der Waals surface area contributed by atoms with Gasteiger partial charge < -0.3 is 30.7 Å². The van der Waals surface area contributed by atoms with Crippen LogP contribution in [0, 0.1) is 0 Å². The summed E-state index contributed by atoms with van der Waals surface area (Å²) in [5, 5.41) is 31.3. The lowest BCUT2D eigenvalue weighted by molar-refractivity contribution is -0.140. The molecule has 0 aromatic carbocycles. The second kappa shape index (κ2) is 6.50. The van der Waals surface area contributed by atoms with Gasteiger partial charge in [-0.3, -0.25) is 9.59 Å². The highest BCUT2D eigenvalue weighted by atomic mass is 16.5. The molecule has 1 aliphatic heterocycles. The van der Waals surface area contributed by atoms with Crippen molar-refractivity contribution in [2.75, 3.05) is 26.4 Å². The van der Waals surface area contributed by atoms with E-state index < -0.39 is 30.1 Å². The highest BCUT2D eigenvalue weighted by molar-refractivity contribution is 6.35. The molecule has 0 aromatic heterocycles. The second-order valence-corrected chi connectivity index (χ2v) is 3.60. The molecule has 3 atom stereocenters. The number of rotatable bonds is 4. The molecule has 98 valence electrons. The minimum Gasteiger partial charge on any atom is -0.395 e. The fourth-order valence-electron chi connectivity index (χ4n) is 1.45. The summed E-state index contributed by atoms with van der Waals surface area (Å²) in [6.07, 6.45) is -1.80. The summed E-state index contributed by atoms with van der Waals surface area (Å²) in [6.45, 7) is -0.605. The van der Waals surface area contributed by atoms with Gasteiger partial charge >= 0.3 is 11.8 Å². The molecular formula is C9H16N2O6. The van der Waals surface area contributed by atoms with Crippen molar-refractivity contribution in [3.05, 3.63) is 0 Å². The number of carbonyl (C=O) groups is 2. The molecule has 8 heteroatoms. The van der Waals surface area contributed by atoms with Crippen molar-refractivity contribution in [2.45, 2.75) is 18.2 Å². The first-order valence-corrected chi connectivity index (χ1v) is 5.20. The quantitative estimate of drug-likeness (QED) is 0.326. The normalized spacial score (nSPS) is 27.8. The lowest BCUT2D eigenvalue weighted by Crippen LogP contribution is -2.50. The van der Waals surface area contributed by atoms with E-state index in [2.05, 4.69) is 10.6 Å². The smallest absolute Gasteiger partial charge is 0.309 e. The predicted octanol–water partition coefficient (Wildman–Crippen LogP) is -3.67. The molecule has 2 amide bonds. The van der Waals surface area contributed by atoms with Gasteiger partial charge in [0.05, 0.1) is 25.9 Å². The third-order valence-electron chi connectivity index (χ3n) is 2.38. The summed E-state index contributed by atoms with van der Waals surface area (Å²) in [5.74, 6) is -1.80. The predicted molar refractivity (Wildman–Crippen MR) is 54.9 cm³/mol. The average Bonchev–Trinajstić information content (AvgIpc) is 2.67. The molecule has 0 saturated carbocycles. The summed E-state index contributed by atoms with van der Waals surface area (Å²) >= 11 is 0. The topological polar surface area (TPSA) is 128 Å². The third-order valence-corrected chi connectivity index (χ3v) is 2.38. The van der Waals surface area contributed by atoms with Crippen molar-refractivity contribution in [3.8, 4) is 0 Å². The standard InChI is InChI=1S/C9H16N2O6/c12-2-1-10-8(15)9(16)11-5-4-17-6(3-13)7(5)14/h5-7,12-14H,1-4H2,(H,10,15)(H,11,16). The van der Waals surface area contributed by atoms with Crippen molar-refractivity contribution in [3.63, 3.8) is 0 Å². The number of hydrogen-bond donors (Lipinski definition) is 5. The van der Waals surface area contributed by atoms with Crippen LogP contribution in [-0.2, 0) is 14.3 Å². The Morgan fingerprint density at radius 1 is 1.29 bits per heavy atom. The number of nitrogens with one attached hydrogen (secondary N) is 2. The van der Waals surface area contributed by atoms with Gasteiger partial charge in [0, 0.05) is 6.54 Å². The van der Waals surface area contributed by atoms with E-state index in [1.807, 2.05) is 0 Å². The maximum atomic E-state index is 11.3. The van der Waals surface area contributed by atoms with Gasteiger partial charge in [-0.1, -0.05) is 0 Å². The van der Waals surface area contributed by atoms with Gasteiger partial charge in [0.1, 0.15) is 12.2 Å². The molecule has 1 heterocycles. The van der Waals surface area contributed by atoms with Crippen molar-refractivity contribution in [1.82, 2.24) is 10.6 Å². The van der Waals surface area contributed by atoms with Crippen molar-refractivity contribution in [2.24, 2.45) is 0 Å². The van der Waals surface area contributed by atoms with E-state index in [4.69, 9.17) is 14.9 Å². The molecule has 0 aromatic rings. The first-order valence-electron chi connectivity index (χ1n) is 5.20. The molecular weight excluding hydrogens is 232 g/mol. The number of amides is 2. The molecule has 1 aliphatic rings. The van der Waals surface area contributed by atoms with Gasteiger partial charge in [-0.05, 0) is 0 Å². The first-order chi connectivity index (χ1) is 8.10. The number of aliphatic hydroxyl groups is 3. The van der Waals surface area contributed by atoms with Gasteiger partial charge in [0.15, 0.2) is 0 Å². The molecule has 1 fully saturated rings. The van der Waals surface area contributed by atoms with Gasteiger partial charge in [-0.2, -0.15) is 0 Å². The molecule has 0 radical (unpaired) electrons. The molecule has 0 aliphatic carbocycles. The molecule has 3 unspecified atom stereocenters. The zero-order valence-electron chi connectivity index (χ0n) is 9.13. The Hall–Kier alpha value is -1.22. The molecule has 8 nitrogen and oxygen atoms in total. The maximum Gasteiger partial charge on any atom is 0.309 e. The van der Waals surface area contributed by atoms with Crippen LogP contribution in [0.5, 0.6) is 0 Å². The number of ether oxygens (including phenoxy) is 1. The molecule has 0 bridgehead atoms. The van der Waals surface area contributed by atoms with Crippen LogP contribution in [0.3, 0.4) is 0 Å². The van der Waals surface area contributed by atoms with Gasteiger partial charge in [-0.25, -0.2) is 0 Å². The van der Waals surface area contributed by atoms with Crippen LogP contribution < -0.4 is 10.6 Å². The SMILES string of the molecule is O=C(NCCO)C(=O)NC1COC(CO)C1O. The van der Waals surface area contributed by atoms with Crippen LogP contribution in [0.4, 0.5) is 0 Å². The van der Waals surface area contributed by atoms with E-state index >= 15 is 0 Å². The highest BCUT2D eigenvalue weighted by Crippen LogP contribution is 2.13. The van der Waals surface area contributed by atoms with Crippen LogP contribution in [0.1, 0.15) is 0 Å². The van der Waals surface area contributed by atoms with E-state index in [1.54, 1.807) is 0 Å². The summed E-state index contributed by atoms with van der Waals surface area (Å²) in [7, 11) is 0. The van der Waals surface area contributed by atoms with Crippen molar-refractivity contribution in [1.29, 1.82) is 0 Å². The summed E-state index contributed by atoms with van der Waals surface area (Å²) < 4.78 is 5.00. The second-order valence-electron chi connectivity index (χ2n) is 3.60. The Bertz CT molecular complexity index is 285. The summed E-state index contributed by atoms with van der Waals surface area (Å²) in [4.78, 5) is 22.5. The number of aliphatic hydroxyl groups excluding tert-OH is 3. The van der Waals surface area contributed by atoms with Gasteiger partial charge in [0.2, 0.25) is 0 Å². The minimum absolute atomic E-state index is 0.0186. The Morgan fingerprint density at radius 3 is 2.53 bits per heavy atom. The monoisotopic (exact) mass is 248 g/mol. The van der Waals surface area contributed by atoms with E-state index in [0.29, 0.717) is 0 Å².